The highest BCUT2D eigenvalue weighted by atomic mass is 19.4. The topological polar surface area (TPSA) is 58.6 Å². The molecule has 1 N–H and O–H groups in total. The lowest BCUT2D eigenvalue weighted by Crippen LogP contribution is -2.57. The van der Waals surface area contributed by atoms with Crippen LogP contribution in [0.2, 0.25) is 0 Å². The van der Waals surface area contributed by atoms with Crippen LogP contribution in [0.3, 0.4) is 0 Å². The molecule has 2 fully saturated rings. The van der Waals surface area contributed by atoms with Gasteiger partial charge in [-0.25, -0.2) is 0 Å². The van der Waals surface area contributed by atoms with Crippen molar-refractivity contribution in [1.82, 2.24) is 10.2 Å². The molecule has 0 aromatic heterocycles. The molecule has 1 aromatic rings. The van der Waals surface area contributed by atoms with Crippen LogP contribution in [0.25, 0.3) is 0 Å². The molecule has 0 radical (unpaired) electrons. The number of ether oxygens (including phenoxy) is 1. The van der Waals surface area contributed by atoms with Crippen molar-refractivity contribution in [1.29, 1.82) is 0 Å². The maximum absolute atomic E-state index is 13.4. The van der Waals surface area contributed by atoms with E-state index in [0.717, 1.165) is 31.4 Å². The zero-order valence-electron chi connectivity index (χ0n) is 16.7. The summed E-state index contributed by atoms with van der Waals surface area (Å²) in [7, 11) is 0. The molecule has 8 heteroatoms. The second-order valence-corrected chi connectivity index (χ2v) is 8.02. The number of rotatable bonds is 4. The van der Waals surface area contributed by atoms with Gasteiger partial charge in [-0.05, 0) is 49.8 Å². The molecular formula is C21H27F3N2O3. The lowest BCUT2D eigenvalue weighted by atomic mass is 9.83. The number of carbonyl (C=O) groups excluding carboxylic acids is 2. The largest absolute Gasteiger partial charge is 0.416 e. The number of carbonyl (C=O) groups is 2. The summed E-state index contributed by atoms with van der Waals surface area (Å²) in [6, 6.07) is 3.50. The molecule has 0 bridgehead atoms. The molecule has 5 nitrogen and oxygen atoms in total. The van der Waals surface area contributed by atoms with Gasteiger partial charge >= 0.3 is 6.18 Å². The van der Waals surface area contributed by atoms with Gasteiger partial charge in [0.05, 0.1) is 12.2 Å². The Morgan fingerprint density at radius 3 is 2.76 bits per heavy atom. The number of amides is 2. The SMILES string of the molecule is CCCNC(=O)[C@@H]1CO[C@]2(CCC[C@H](C)C2)N1C(=O)c1cccc(C(F)(F)F)c1. The number of alkyl halides is 3. The Morgan fingerprint density at radius 1 is 1.34 bits per heavy atom. The fraction of sp³-hybridized carbons (Fsp3) is 0.619. The Kier molecular flexibility index (Phi) is 6.22. The first-order valence-corrected chi connectivity index (χ1v) is 10.1. The zero-order valence-corrected chi connectivity index (χ0v) is 16.7. The van der Waals surface area contributed by atoms with Gasteiger partial charge in [-0.1, -0.05) is 26.3 Å². The first kappa shape index (κ1) is 21.6. The van der Waals surface area contributed by atoms with E-state index >= 15 is 0 Å². The zero-order chi connectivity index (χ0) is 21.2. The van der Waals surface area contributed by atoms with Gasteiger partial charge in [0.2, 0.25) is 5.91 Å². The quantitative estimate of drug-likeness (QED) is 0.814. The summed E-state index contributed by atoms with van der Waals surface area (Å²) in [5, 5.41) is 2.79. The lowest BCUT2D eigenvalue weighted by Gasteiger charge is -2.43. The van der Waals surface area contributed by atoms with E-state index in [4.69, 9.17) is 4.74 Å². The molecular weight excluding hydrogens is 385 g/mol. The van der Waals surface area contributed by atoms with E-state index in [-0.39, 0.29) is 24.0 Å². The molecule has 2 aliphatic rings. The Hall–Kier alpha value is -2.09. The molecule has 3 rings (SSSR count). The van der Waals surface area contributed by atoms with Crippen molar-refractivity contribution in [3.63, 3.8) is 0 Å². The number of hydrogen-bond donors (Lipinski definition) is 1. The summed E-state index contributed by atoms with van der Waals surface area (Å²) in [4.78, 5) is 27.5. The maximum atomic E-state index is 13.4. The fourth-order valence-electron chi connectivity index (χ4n) is 4.34. The van der Waals surface area contributed by atoms with E-state index in [9.17, 15) is 22.8 Å². The summed E-state index contributed by atoms with van der Waals surface area (Å²) in [5.74, 6) is -0.639. The van der Waals surface area contributed by atoms with Crippen LogP contribution < -0.4 is 5.32 Å². The molecule has 29 heavy (non-hydrogen) atoms. The number of hydrogen-bond acceptors (Lipinski definition) is 3. The fourth-order valence-corrected chi connectivity index (χ4v) is 4.34. The number of nitrogens with zero attached hydrogens (tertiary/aromatic N) is 1. The normalized spacial score (nSPS) is 27.3. The van der Waals surface area contributed by atoms with Gasteiger partial charge in [0.25, 0.3) is 5.91 Å². The second kappa shape index (κ2) is 8.34. The van der Waals surface area contributed by atoms with E-state index in [0.29, 0.717) is 19.4 Å². The maximum Gasteiger partial charge on any atom is 0.416 e. The highest BCUT2D eigenvalue weighted by Crippen LogP contribution is 2.43. The Bertz CT molecular complexity index is 768. The first-order valence-electron chi connectivity index (χ1n) is 10.1. The molecule has 2 amide bonds. The Morgan fingerprint density at radius 2 is 2.10 bits per heavy atom. The third-order valence-corrected chi connectivity index (χ3v) is 5.70. The van der Waals surface area contributed by atoms with Gasteiger partial charge in [0.1, 0.15) is 11.8 Å². The van der Waals surface area contributed by atoms with Crippen LogP contribution in [0.5, 0.6) is 0 Å². The van der Waals surface area contributed by atoms with E-state index in [2.05, 4.69) is 12.2 Å². The van der Waals surface area contributed by atoms with E-state index in [1.54, 1.807) is 0 Å². The molecule has 3 atom stereocenters. The minimum absolute atomic E-state index is 0.0486. The molecule has 1 spiro atoms. The van der Waals surface area contributed by atoms with Crippen LogP contribution in [-0.2, 0) is 15.7 Å². The lowest BCUT2D eigenvalue weighted by molar-refractivity contribution is -0.137. The van der Waals surface area contributed by atoms with Crippen molar-refractivity contribution in [3.8, 4) is 0 Å². The summed E-state index contributed by atoms with van der Waals surface area (Å²) in [6.07, 6.45) is -0.856. The molecule has 1 saturated heterocycles. The molecule has 1 heterocycles. The van der Waals surface area contributed by atoms with Crippen molar-refractivity contribution < 1.29 is 27.5 Å². The molecule has 0 unspecified atom stereocenters. The van der Waals surface area contributed by atoms with E-state index in [1.807, 2.05) is 6.92 Å². The molecule has 1 aliphatic carbocycles. The van der Waals surface area contributed by atoms with Crippen molar-refractivity contribution in [3.05, 3.63) is 35.4 Å². The molecule has 1 aromatic carbocycles. The smallest absolute Gasteiger partial charge is 0.354 e. The van der Waals surface area contributed by atoms with Crippen molar-refractivity contribution in [2.75, 3.05) is 13.2 Å². The van der Waals surface area contributed by atoms with E-state index < -0.39 is 29.4 Å². The summed E-state index contributed by atoms with van der Waals surface area (Å²) >= 11 is 0. The predicted octanol–water partition coefficient (Wildman–Crippen LogP) is 3.98. The summed E-state index contributed by atoms with van der Waals surface area (Å²) in [6.45, 7) is 4.49. The highest BCUT2D eigenvalue weighted by Gasteiger charge is 2.54. The van der Waals surface area contributed by atoms with Crippen molar-refractivity contribution in [2.24, 2.45) is 5.92 Å². The average Bonchev–Trinajstić information content (AvgIpc) is 3.03. The van der Waals surface area contributed by atoms with Gasteiger partial charge in [-0.2, -0.15) is 13.2 Å². The predicted molar refractivity (Wildman–Crippen MR) is 101 cm³/mol. The Labute approximate surface area is 168 Å². The Balaban J connectivity index is 1.97. The third-order valence-electron chi connectivity index (χ3n) is 5.70. The number of nitrogens with one attached hydrogen (secondary N) is 1. The van der Waals surface area contributed by atoms with Crippen LogP contribution in [0, 0.1) is 5.92 Å². The van der Waals surface area contributed by atoms with Gasteiger partial charge in [0, 0.05) is 12.1 Å². The van der Waals surface area contributed by atoms with Gasteiger partial charge in [0.15, 0.2) is 0 Å². The van der Waals surface area contributed by atoms with Crippen LogP contribution >= 0.6 is 0 Å². The van der Waals surface area contributed by atoms with Crippen molar-refractivity contribution >= 4 is 11.8 Å². The van der Waals surface area contributed by atoms with Gasteiger partial charge in [-0.3, -0.25) is 14.5 Å². The summed E-state index contributed by atoms with van der Waals surface area (Å²) < 4.78 is 45.5. The van der Waals surface area contributed by atoms with Crippen LogP contribution in [0.4, 0.5) is 13.2 Å². The minimum atomic E-state index is -4.55. The monoisotopic (exact) mass is 412 g/mol. The molecule has 1 saturated carbocycles. The van der Waals surface area contributed by atoms with E-state index in [1.165, 1.54) is 17.0 Å². The standard InChI is InChI=1S/C21H27F3N2O3/c1-3-10-25-18(27)17-13-29-20(9-5-6-14(2)12-20)26(17)19(28)15-7-4-8-16(11-15)21(22,23)24/h4,7-8,11,14,17H,3,5-6,9-10,12-13H2,1-2H3,(H,25,27)/t14-,17-,20-/m0/s1. The molecule has 1 aliphatic heterocycles. The van der Waals surface area contributed by atoms with Crippen LogP contribution in [0.15, 0.2) is 24.3 Å². The first-order chi connectivity index (χ1) is 13.7. The summed E-state index contributed by atoms with van der Waals surface area (Å²) in [5.41, 5.74) is -1.92. The minimum Gasteiger partial charge on any atom is -0.354 e. The average molecular weight is 412 g/mol. The second-order valence-electron chi connectivity index (χ2n) is 8.02. The highest BCUT2D eigenvalue weighted by molar-refractivity contribution is 5.98. The van der Waals surface area contributed by atoms with Gasteiger partial charge < -0.3 is 10.1 Å². The molecule has 160 valence electrons. The number of halogens is 3. The van der Waals surface area contributed by atoms with Crippen LogP contribution in [0.1, 0.15) is 61.9 Å². The third kappa shape index (κ3) is 4.42. The number of benzene rings is 1. The van der Waals surface area contributed by atoms with Crippen LogP contribution in [-0.4, -0.2) is 41.6 Å². The van der Waals surface area contributed by atoms with Crippen molar-refractivity contribution in [2.45, 2.75) is 63.9 Å². The van der Waals surface area contributed by atoms with Gasteiger partial charge in [-0.15, -0.1) is 0 Å².